The van der Waals surface area contributed by atoms with Crippen molar-refractivity contribution in [2.45, 2.75) is 23.3 Å². The lowest BCUT2D eigenvalue weighted by atomic mass is 10.0. The van der Waals surface area contributed by atoms with E-state index in [9.17, 15) is 34.8 Å². The van der Waals surface area contributed by atoms with Gasteiger partial charge in [0.1, 0.15) is 11.5 Å². The highest BCUT2D eigenvalue weighted by Gasteiger charge is 2.32. The minimum Gasteiger partial charge on any atom is -0.457 e. The van der Waals surface area contributed by atoms with E-state index in [1.807, 2.05) is 0 Å². The Hall–Kier alpha value is -3.09. The zero-order valence-electron chi connectivity index (χ0n) is 19.1. The van der Waals surface area contributed by atoms with Gasteiger partial charge < -0.3 is 9.64 Å². The molecule has 0 heterocycles. The molecule has 0 aliphatic rings. The number of hydrogen-bond acceptors (Lipinski definition) is 4. The minimum absolute atomic E-state index is 0.0929. The average Bonchev–Trinajstić information content (AvgIpc) is 2.78. The summed E-state index contributed by atoms with van der Waals surface area (Å²) in [5.74, 6) is 0.295. The predicted octanol–water partition coefficient (Wildman–Crippen LogP) is 6.10. The topological polar surface area (TPSA) is 58.6 Å². The third-order valence-electron chi connectivity index (χ3n) is 5.01. The van der Waals surface area contributed by atoms with Gasteiger partial charge in [-0.15, -0.1) is 0 Å². The van der Waals surface area contributed by atoms with Crippen LogP contribution in [0.3, 0.4) is 0 Å². The molecule has 3 aromatic rings. The second-order valence-corrected chi connectivity index (χ2v) is 9.87. The van der Waals surface area contributed by atoms with Crippen LogP contribution < -0.4 is 9.46 Å². The molecule has 1 N–H and O–H groups in total. The number of hydrogen-bond donors (Lipinski definition) is 1. The smallest absolute Gasteiger partial charge is 0.416 e. The van der Waals surface area contributed by atoms with Crippen molar-refractivity contribution in [3.63, 3.8) is 0 Å². The van der Waals surface area contributed by atoms with Crippen molar-refractivity contribution in [3.05, 3.63) is 89.5 Å². The Morgan fingerprint density at radius 1 is 0.806 bits per heavy atom. The van der Waals surface area contributed by atoms with Crippen molar-refractivity contribution in [2.24, 2.45) is 0 Å². The van der Waals surface area contributed by atoms with Crippen molar-refractivity contribution in [2.75, 3.05) is 20.6 Å². The fraction of sp³-hybridized carbons (Fsp3) is 0.250. The van der Waals surface area contributed by atoms with E-state index < -0.39 is 39.5 Å². The van der Waals surface area contributed by atoms with Gasteiger partial charge in [-0.05, 0) is 80.3 Å². The zero-order valence-corrected chi connectivity index (χ0v) is 19.9. The molecule has 0 fully saturated rings. The molecule has 0 aromatic heterocycles. The maximum atomic E-state index is 13.2. The molecule has 0 aliphatic carbocycles. The van der Waals surface area contributed by atoms with Crippen LogP contribution in [0.5, 0.6) is 11.5 Å². The molecule has 0 saturated carbocycles. The highest BCUT2D eigenvalue weighted by atomic mass is 32.2. The monoisotopic (exact) mass is 532 g/mol. The number of sulfonamides is 1. The van der Waals surface area contributed by atoms with E-state index in [2.05, 4.69) is 4.72 Å². The molecule has 0 aliphatic heterocycles. The van der Waals surface area contributed by atoms with Gasteiger partial charge in [-0.1, -0.05) is 12.1 Å². The highest BCUT2D eigenvalue weighted by Crippen LogP contribution is 2.33. The average molecular weight is 533 g/mol. The first-order valence-electron chi connectivity index (χ1n) is 10.4. The van der Waals surface area contributed by atoms with Crippen molar-refractivity contribution < 1.29 is 39.5 Å². The van der Waals surface area contributed by atoms with Gasteiger partial charge in [0.25, 0.3) is 0 Å². The van der Waals surface area contributed by atoms with Crippen LogP contribution in [0.2, 0.25) is 0 Å². The fourth-order valence-corrected chi connectivity index (χ4v) is 4.51. The van der Waals surface area contributed by atoms with Gasteiger partial charge in [0.2, 0.25) is 10.0 Å². The molecule has 1 atom stereocenters. The van der Waals surface area contributed by atoms with Crippen LogP contribution in [0.25, 0.3) is 0 Å². The second-order valence-electron chi connectivity index (χ2n) is 8.15. The predicted molar refractivity (Wildman–Crippen MR) is 121 cm³/mol. The number of rotatable bonds is 8. The van der Waals surface area contributed by atoms with E-state index in [1.54, 1.807) is 19.0 Å². The standard InChI is InChI=1S/C24H22F6N2O3S/c1-32(2)15-22(16-4-3-5-18(14-16)24(28,29)30)31-36(33,34)21-12-10-20(11-13-21)35-19-8-6-17(7-9-19)23(25,26)27/h3-14,22,31H,15H2,1-2H3/t22-/m0/s1. The third-order valence-corrected chi connectivity index (χ3v) is 6.50. The molecule has 0 bridgehead atoms. The van der Waals surface area contributed by atoms with Crippen LogP contribution in [0.4, 0.5) is 26.3 Å². The molecule has 0 spiro atoms. The third kappa shape index (κ3) is 7.21. The van der Waals surface area contributed by atoms with E-state index >= 15 is 0 Å². The van der Waals surface area contributed by atoms with Crippen molar-refractivity contribution >= 4 is 10.0 Å². The highest BCUT2D eigenvalue weighted by molar-refractivity contribution is 7.89. The van der Waals surface area contributed by atoms with E-state index in [0.717, 1.165) is 36.4 Å². The van der Waals surface area contributed by atoms with Gasteiger partial charge in [-0.2, -0.15) is 26.3 Å². The Balaban J connectivity index is 1.79. The van der Waals surface area contributed by atoms with Gasteiger partial charge in [-0.25, -0.2) is 13.1 Å². The van der Waals surface area contributed by atoms with Crippen LogP contribution in [0.1, 0.15) is 22.7 Å². The summed E-state index contributed by atoms with van der Waals surface area (Å²) in [6.07, 6.45) is -9.07. The van der Waals surface area contributed by atoms with Crippen LogP contribution >= 0.6 is 0 Å². The molecule has 3 rings (SSSR count). The maximum absolute atomic E-state index is 13.2. The Labute approximate surface area is 204 Å². The molecule has 0 amide bonds. The van der Waals surface area contributed by atoms with E-state index in [1.165, 1.54) is 36.4 Å². The summed E-state index contributed by atoms with van der Waals surface area (Å²) in [4.78, 5) is 1.46. The number of nitrogens with one attached hydrogen (secondary N) is 1. The number of nitrogens with zero attached hydrogens (tertiary/aromatic N) is 1. The summed E-state index contributed by atoms with van der Waals surface area (Å²) in [7, 11) is -0.842. The van der Waals surface area contributed by atoms with Crippen molar-refractivity contribution in [1.29, 1.82) is 0 Å². The summed E-state index contributed by atoms with van der Waals surface area (Å²) in [6.45, 7) is 0.0929. The molecule has 0 radical (unpaired) electrons. The van der Waals surface area contributed by atoms with Crippen LogP contribution in [0.15, 0.2) is 77.7 Å². The van der Waals surface area contributed by atoms with Gasteiger partial charge in [0, 0.05) is 6.54 Å². The van der Waals surface area contributed by atoms with Crippen molar-refractivity contribution in [3.8, 4) is 11.5 Å². The lowest BCUT2D eigenvalue weighted by Crippen LogP contribution is -2.35. The largest absolute Gasteiger partial charge is 0.457 e. The number of benzene rings is 3. The molecular formula is C24H22F6N2O3S. The number of ether oxygens (including phenoxy) is 1. The number of alkyl halides is 6. The first kappa shape index (κ1) is 27.5. The zero-order chi connectivity index (χ0) is 26.7. The molecule has 3 aromatic carbocycles. The molecular weight excluding hydrogens is 510 g/mol. The lowest BCUT2D eigenvalue weighted by Gasteiger charge is -2.23. The Morgan fingerprint density at radius 2 is 1.33 bits per heavy atom. The van der Waals surface area contributed by atoms with Crippen LogP contribution in [-0.2, 0) is 22.4 Å². The van der Waals surface area contributed by atoms with Gasteiger partial charge >= 0.3 is 12.4 Å². The SMILES string of the molecule is CN(C)C[C@H](NS(=O)(=O)c1ccc(Oc2ccc(C(F)(F)F)cc2)cc1)c1cccc(C(F)(F)F)c1. The minimum atomic E-state index is -4.58. The number of likely N-dealkylation sites (N-methyl/N-ethyl adjacent to an activating group) is 1. The molecule has 5 nitrogen and oxygen atoms in total. The quantitative estimate of drug-likeness (QED) is 0.357. The summed E-state index contributed by atoms with van der Waals surface area (Å²) in [5.41, 5.74) is -1.59. The van der Waals surface area contributed by atoms with E-state index in [0.29, 0.717) is 0 Å². The summed E-state index contributed by atoms with van der Waals surface area (Å²) in [5, 5.41) is 0. The Kier molecular flexibility index (Phi) is 8.01. The molecule has 0 unspecified atom stereocenters. The van der Waals surface area contributed by atoms with Gasteiger partial charge in [0.15, 0.2) is 0 Å². The second kappa shape index (κ2) is 10.5. The first-order valence-corrected chi connectivity index (χ1v) is 11.9. The molecule has 0 saturated heterocycles. The summed E-state index contributed by atoms with van der Waals surface area (Å²) < 4.78 is 111. The number of halogens is 6. The van der Waals surface area contributed by atoms with Gasteiger partial charge in [-0.3, -0.25) is 0 Å². The summed E-state index contributed by atoms with van der Waals surface area (Å²) in [6, 6.07) is 12.5. The van der Waals surface area contributed by atoms with Gasteiger partial charge in [0.05, 0.1) is 22.1 Å². The molecule has 194 valence electrons. The fourth-order valence-electron chi connectivity index (χ4n) is 3.30. The van der Waals surface area contributed by atoms with Crippen LogP contribution in [-0.4, -0.2) is 34.0 Å². The van der Waals surface area contributed by atoms with Crippen LogP contribution in [0, 0.1) is 0 Å². The lowest BCUT2D eigenvalue weighted by molar-refractivity contribution is -0.138. The first-order chi connectivity index (χ1) is 16.6. The van der Waals surface area contributed by atoms with Crippen molar-refractivity contribution in [1.82, 2.24) is 9.62 Å². The Morgan fingerprint density at radius 3 is 1.83 bits per heavy atom. The van der Waals surface area contributed by atoms with E-state index in [4.69, 9.17) is 4.74 Å². The summed E-state index contributed by atoms with van der Waals surface area (Å²) >= 11 is 0. The maximum Gasteiger partial charge on any atom is 0.416 e. The molecule has 12 heteroatoms. The van der Waals surface area contributed by atoms with E-state index in [-0.39, 0.29) is 28.5 Å². The molecule has 36 heavy (non-hydrogen) atoms. The normalized spacial score (nSPS) is 13.6. The Bertz CT molecular complexity index is 1270.